The van der Waals surface area contributed by atoms with E-state index in [1.807, 2.05) is 0 Å². The molecule has 2 rings (SSSR count). The largest absolute Gasteiger partial charge is 0.452 e. The van der Waals surface area contributed by atoms with Gasteiger partial charge in [-0.15, -0.1) is 0 Å². The zero-order chi connectivity index (χ0) is 15.5. The van der Waals surface area contributed by atoms with Crippen molar-refractivity contribution in [2.24, 2.45) is 0 Å². The number of esters is 1. The van der Waals surface area contributed by atoms with E-state index in [-0.39, 0.29) is 30.1 Å². The number of rotatable bonds is 5. The van der Waals surface area contributed by atoms with Gasteiger partial charge >= 0.3 is 5.97 Å². The molecule has 1 saturated heterocycles. The van der Waals surface area contributed by atoms with Crippen molar-refractivity contribution >= 4 is 33.1 Å². The lowest BCUT2D eigenvalue weighted by Gasteiger charge is -2.26. The number of ether oxygens (including phenoxy) is 1. The summed E-state index contributed by atoms with van der Waals surface area (Å²) < 4.78 is 27.9. The monoisotopic (exact) mass is 331 g/mol. The van der Waals surface area contributed by atoms with Crippen LogP contribution in [0.25, 0.3) is 0 Å². The van der Waals surface area contributed by atoms with E-state index in [2.05, 4.69) is 0 Å². The van der Waals surface area contributed by atoms with Crippen LogP contribution in [0.2, 0.25) is 0 Å². The molecule has 2 heterocycles. The second-order valence-electron chi connectivity index (χ2n) is 4.82. The van der Waals surface area contributed by atoms with Crippen LogP contribution in [0.15, 0.2) is 16.8 Å². The molecule has 0 spiro atoms. The molecular formula is C13H17NO5S2. The van der Waals surface area contributed by atoms with Gasteiger partial charge in [0.15, 0.2) is 16.4 Å². The van der Waals surface area contributed by atoms with E-state index < -0.39 is 15.8 Å². The maximum atomic E-state index is 12.1. The number of nitrogens with zero attached hydrogens (tertiary/aromatic N) is 1. The first kappa shape index (κ1) is 16.0. The number of carbonyl (C=O) groups is 2. The first-order valence-corrected chi connectivity index (χ1v) is 9.38. The van der Waals surface area contributed by atoms with E-state index in [4.69, 9.17) is 4.74 Å². The average Bonchev–Trinajstić information content (AvgIpc) is 3.06. The second kappa shape index (κ2) is 6.57. The first-order valence-electron chi connectivity index (χ1n) is 6.62. The molecule has 1 fully saturated rings. The van der Waals surface area contributed by atoms with Crippen LogP contribution in [0, 0.1) is 0 Å². The molecule has 1 aliphatic rings. The van der Waals surface area contributed by atoms with Crippen molar-refractivity contribution in [3.8, 4) is 0 Å². The Labute approximate surface area is 127 Å². The van der Waals surface area contributed by atoms with Crippen molar-refractivity contribution in [1.29, 1.82) is 0 Å². The van der Waals surface area contributed by atoms with Crippen molar-refractivity contribution in [2.75, 3.05) is 24.7 Å². The van der Waals surface area contributed by atoms with Crippen molar-refractivity contribution in [3.05, 3.63) is 22.4 Å². The van der Waals surface area contributed by atoms with Gasteiger partial charge in [0.1, 0.15) is 0 Å². The number of sulfone groups is 1. The number of hydrogen-bond donors (Lipinski definition) is 0. The Morgan fingerprint density at radius 2 is 2.24 bits per heavy atom. The highest BCUT2D eigenvalue weighted by Crippen LogP contribution is 2.18. The lowest BCUT2D eigenvalue weighted by atomic mass is 10.2. The molecule has 8 heteroatoms. The van der Waals surface area contributed by atoms with Crippen LogP contribution in [-0.4, -0.2) is 55.9 Å². The summed E-state index contributed by atoms with van der Waals surface area (Å²) in [5.74, 6) is -0.802. The molecule has 1 aliphatic heterocycles. The van der Waals surface area contributed by atoms with Gasteiger partial charge in [-0.25, -0.2) is 13.2 Å². The third-order valence-electron chi connectivity index (χ3n) is 3.39. The molecule has 0 bridgehead atoms. The molecule has 0 N–H and O–H groups in total. The molecule has 1 amide bonds. The molecule has 0 aromatic carbocycles. The zero-order valence-electron chi connectivity index (χ0n) is 11.6. The topological polar surface area (TPSA) is 80.8 Å². The Hall–Kier alpha value is -1.41. The molecule has 116 valence electrons. The Bertz CT molecular complexity index is 609. The molecule has 1 aromatic rings. The number of amides is 1. The Morgan fingerprint density at radius 1 is 1.48 bits per heavy atom. The Morgan fingerprint density at radius 3 is 2.76 bits per heavy atom. The van der Waals surface area contributed by atoms with E-state index in [0.717, 1.165) is 0 Å². The van der Waals surface area contributed by atoms with E-state index >= 15 is 0 Å². The van der Waals surface area contributed by atoms with Gasteiger partial charge < -0.3 is 9.64 Å². The van der Waals surface area contributed by atoms with Gasteiger partial charge in [0.2, 0.25) is 0 Å². The molecule has 6 nitrogen and oxygen atoms in total. The summed E-state index contributed by atoms with van der Waals surface area (Å²) in [6.07, 6.45) is 0.445. The summed E-state index contributed by atoms with van der Waals surface area (Å²) in [6.45, 7) is 1.82. The standard InChI is InChI=1S/C13H17NO5S2/c1-2-14(11-4-6-21(17,18)9-11)12(15)7-19-13(16)10-3-5-20-8-10/h3,5,8,11H,2,4,6-7,9H2,1H3. The van der Waals surface area contributed by atoms with Crippen LogP contribution in [0.5, 0.6) is 0 Å². The van der Waals surface area contributed by atoms with E-state index in [9.17, 15) is 18.0 Å². The van der Waals surface area contributed by atoms with Crippen molar-refractivity contribution in [1.82, 2.24) is 4.90 Å². The summed E-state index contributed by atoms with van der Waals surface area (Å²) in [4.78, 5) is 25.2. The summed E-state index contributed by atoms with van der Waals surface area (Å²) in [7, 11) is -3.05. The van der Waals surface area contributed by atoms with Gasteiger partial charge in [-0.2, -0.15) is 11.3 Å². The number of hydrogen-bond acceptors (Lipinski definition) is 6. The van der Waals surface area contributed by atoms with E-state index in [0.29, 0.717) is 18.5 Å². The molecule has 0 saturated carbocycles. The quantitative estimate of drug-likeness (QED) is 0.750. The fourth-order valence-electron chi connectivity index (χ4n) is 2.33. The smallest absolute Gasteiger partial charge is 0.339 e. The zero-order valence-corrected chi connectivity index (χ0v) is 13.3. The second-order valence-corrected chi connectivity index (χ2v) is 7.83. The van der Waals surface area contributed by atoms with Crippen LogP contribution in [0.3, 0.4) is 0 Å². The maximum Gasteiger partial charge on any atom is 0.339 e. The SMILES string of the molecule is CCN(C(=O)COC(=O)c1ccsc1)C1CCS(=O)(=O)C1. The molecule has 21 heavy (non-hydrogen) atoms. The Balaban J connectivity index is 1.90. The highest BCUT2D eigenvalue weighted by atomic mass is 32.2. The van der Waals surface area contributed by atoms with Crippen molar-refractivity contribution in [2.45, 2.75) is 19.4 Å². The Kier molecular flexibility index (Phi) is 5.00. The van der Waals surface area contributed by atoms with Crippen LogP contribution >= 0.6 is 11.3 Å². The molecule has 1 aromatic heterocycles. The van der Waals surface area contributed by atoms with E-state index in [1.165, 1.54) is 16.2 Å². The van der Waals surface area contributed by atoms with Gasteiger partial charge in [-0.3, -0.25) is 4.79 Å². The molecule has 0 radical (unpaired) electrons. The highest BCUT2D eigenvalue weighted by Gasteiger charge is 2.34. The van der Waals surface area contributed by atoms with Gasteiger partial charge in [-0.1, -0.05) is 0 Å². The van der Waals surface area contributed by atoms with Gasteiger partial charge in [0, 0.05) is 18.0 Å². The number of carbonyl (C=O) groups excluding carboxylic acids is 2. The van der Waals surface area contributed by atoms with Gasteiger partial charge in [0.05, 0.1) is 17.1 Å². The van der Waals surface area contributed by atoms with Gasteiger partial charge in [0.25, 0.3) is 5.91 Å². The first-order chi connectivity index (χ1) is 9.93. The van der Waals surface area contributed by atoms with Crippen LogP contribution in [0.4, 0.5) is 0 Å². The van der Waals surface area contributed by atoms with Crippen LogP contribution in [-0.2, 0) is 19.4 Å². The summed E-state index contributed by atoms with van der Waals surface area (Å²) in [6, 6.07) is 1.31. The fraction of sp³-hybridized carbons (Fsp3) is 0.538. The van der Waals surface area contributed by atoms with Crippen LogP contribution in [0.1, 0.15) is 23.7 Å². The molecule has 1 atom stereocenters. The summed E-state index contributed by atoms with van der Waals surface area (Å²) in [5.41, 5.74) is 0.416. The predicted molar refractivity (Wildman–Crippen MR) is 79.0 cm³/mol. The minimum absolute atomic E-state index is 0.00887. The minimum atomic E-state index is -3.05. The third-order valence-corrected chi connectivity index (χ3v) is 5.83. The minimum Gasteiger partial charge on any atom is -0.452 e. The third kappa shape index (κ3) is 4.04. The summed E-state index contributed by atoms with van der Waals surface area (Å²) in [5, 5.41) is 3.40. The normalized spacial score (nSPS) is 20.1. The van der Waals surface area contributed by atoms with Gasteiger partial charge in [-0.05, 0) is 24.8 Å². The van der Waals surface area contributed by atoms with Crippen molar-refractivity contribution < 1.29 is 22.7 Å². The number of likely N-dealkylation sites (N-methyl/N-ethyl adjacent to an activating group) is 1. The van der Waals surface area contributed by atoms with Crippen molar-refractivity contribution in [3.63, 3.8) is 0 Å². The molecular weight excluding hydrogens is 314 g/mol. The summed E-state index contributed by atoms with van der Waals surface area (Å²) >= 11 is 1.37. The van der Waals surface area contributed by atoms with Crippen LogP contribution < -0.4 is 0 Å². The highest BCUT2D eigenvalue weighted by molar-refractivity contribution is 7.91. The lowest BCUT2D eigenvalue weighted by Crippen LogP contribution is -2.43. The molecule has 0 aliphatic carbocycles. The number of thiophene rings is 1. The predicted octanol–water partition coefficient (Wildman–Crippen LogP) is 0.941. The average molecular weight is 331 g/mol. The maximum absolute atomic E-state index is 12.1. The lowest BCUT2D eigenvalue weighted by molar-refractivity contribution is -0.136. The molecule has 1 unspecified atom stereocenters. The fourth-order valence-corrected chi connectivity index (χ4v) is 4.69. The van der Waals surface area contributed by atoms with E-state index in [1.54, 1.807) is 23.8 Å².